The highest BCUT2D eigenvalue weighted by Gasteiger charge is 2.13. The summed E-state index contributed by atoms with van der Waals surface area (Å²) in [5, 5.41) is 12.8. The molecule has 2 atom stereocenters. The van der Waals surface area contributed by atoms with Crippen molar-refractivity contribution in [3.05, 3.63) is 0 Å². The molecule has 0 amide bonds. The van der Waals surface area contributed by atoms with Crippen molar-refractivity contribution in [2.75, 3.05) is 33.2 Å². The Balaban J connectivity index is 3.77. The van der Waals surface area contributed by atoms with Gasteiger partial charge in [-0.2, -0.15) is 0 Å². The minimum atomic E-state index is -0.831. The molecule has 0 aliphatic rings. The molecule has 0 aliphatic carbocycles. The average Bonchev–Trinajstić information content (AvgIpc) is 2.64. The Labute approximate surface area is 161 Å². The van der Waals surface area contributed by atoms with Gasteiger partial charge in [-0.05, 0) is 19.3 Å². The first kappa shape index (κ1) is 25.7. The largest absolute Gasteiger partial charge is 0.463 e. The van der Waals surface area contributed by atoms with E-state index in [4.69, 9.17) is 24.0 Å². The third-order valence-corrected chi connectivity index (χ3v) is 3.28. The van der Waals surface area contributed by atoms with E-state index in [1.807, 2.05) is 20.8 Å². The van der Waals surface area contributed by atoms with Crippen LogP contribution in [0.4, 0.5) is 0 Å². The second kappa shape index (κ2) is 18.1. The molecule has 0 aromatic heterocycles. The van der Waals surface area contributed by atoms with E-state index >= 15 is 0 Å². The molecule has 9 heteroatoms. The van der Waals surface area contributed by atoms with Gasteiger partial charge in [0.15, 0.2) is 6.79 Å². The molecule has 9 nitrogen and oxygen atoms in total. The fraction of sp³-hybridized carbons (Fsp3) is 0.889. The standard InChI is InChI=1S/C18H35NO8/c1-4-7-16(19-12-15(20)13-25-18(22)9-6-3)27-26-14-23-10-11-24-17(21)8-5-2/h15-16,19-20H,4-14H2,1-3H3/t15-,16?/m1/s1. The number of aliphatic hydroxyl groups is 1. The van der Waals surface area contributed by atoms with Crippen LogP contribution in [-0.4, -0.2) is 62.5 Å². The molecule has 0 bridgehead atoms. The Morgan fingerprint density at radius 3 is 2.26 bits per heavy atom. The van der Waals surface area contributed by atoms with Crippen molar-refractivity contribution < 1.29 is 38.7 Å². The van der Waals surface area contributed by atoms with Gasteiger partial charge < -0.3 is 19.3 Å². The maximum atomic E-state index is 11.3. The van der Waals surface area contributed by atoms with Crippen molar-refractivity contribution in [3.8, 4) is 0 Å². The van der Waals surface area contributed by atoms with Crippen LogP contribution in [-0.2, 0) is 33.6 Å². The highest BCUT2D eigenvalue weighted by Crippen LogP contribution is 2.01. The third-order valence-electron chi connectivity index (χ3n) is 3.28. The molecule has 0 aromatic rings. The monoisotopic (exact) mass is 393 g/mol. The lowest BCUT2D eigenvalue weighted by atomic mass is 10.3. The molecule has 0 aromatic carbocycles. The Kier molecular flexibility index (Phi) is 17.3. The molecule has 27 heavy (non-hydrogen) atoms. The van der Waals surface area contributed by atoms with Gasteiger partial charge in [-0.3, -0.25) is 14.9 Å². The van der Waals surface area contributed by atoms with Crippen LogP contribution in [0.3, 0.4) is 0 Å². The molecule has 160 valence electrons. The molecular weight excluding hydrogens is 358 g/mol. The van der Waals surface area contributed by atoms with Crippen LogP contribution < -0.4 is 5.32 Å². The van der Waals surface area contributed by atoms with E-state index in [1.165, 1.54) is 0 Å². The topological polar surface area (TPSA) is 113 Å². The predicted molar refractivity (Wildman–Crippen MR) is 97.4 cm³/mol. The van der Waals surface area contributed by atoms with Gasteiger partial charge in [0.1, 0.15) is 25.5 Å². The van der Waals surface area contributed by atoms with Crippen LogP contribution in [0, 0.1) is 0 Å². The minimum absolute atomic E-state index is 0.0641. The van der Waals surface area contributed by atoms with E-state index in [0.29, 0.717) is 25.7 Å². The summed E-state index contributed by atoms with van der Waals surface area (Å²) in [5.41, 5.74) is 0. The molecule has 0 saturated heterocycles. The van der Waals surface area contributed by atoms with Crippen LogP contribution in [0.2, 0.25) is 0 Å². The van der Waals surface area contributed by atoms with E-state index in [9.17, 15) is 14.7 Å². The SMILES string of the molecule is CCCC(=O)OCCOCOOC(CCC)NC[C@@H](O)COC(=O)CCC. The molecule has 0 spiro atoms. The minimum Gasteiger partial charge on any atom is -0.463 e. The molecule has 0 rings (SSSR count). The van der Waals surface area contributed by atoms with Crippen LogP contribution in [0.1, 0.15) is 59.3 Å². The van der Waals surface area contributed by atoms with Crippen molar-refractivity contribution >= 4 is 11.9 Å². The van der Waals surface area contributed by atoms with E-state index in [1.54, 1.807) is 0 Å². The second-order valence-corrected chi connectivity index (χ2v) is 5.98. The predicted octanol–water partition coefficient (Wildman–Crippen LogP) is 1.67. The molecular formula is C18H35NO8. The molecule has 2 N–H and O–H groups in total. The van der Waals surface area contributed by atoms with Gasteiger partial charge >= 0.3 is 11.9 Å². The third kappa shape index (κ3) is 16.6. The smallest absolute Gasteiger partial charge is 0.305 e. The zero-order valence-corrected chi connectivity index (χ0v) is 16.7. The number of carbonyl (C=O) groups is 2. The highest BCUT2D eigenvalue weighted by molar-refractivity contribution is 5.69. The van der Waals surface area contributed by atoms with Crippen LogP contribution in [0.25, 0.3) is 0 Å². The van der Waals surface area contributed by atoms with Gasteiger partial charge in [0.2, 0.25) is 0 Å². The van der Waals surface area contributed by atoms with Gasteiger partial charge in [0, 0.05) is 19.4 Å². The number of nitrogens with one attached hydrogen (secondary N) is 1. The van der Waals surface area contributed by atoms with Crippen molar-refractivity contribution in [1.82, 2.24) is 5.32 Å². The van der Waals surface area contributed by atoms with Gasteiger partial charge in [-0.15, -0.1) is 0 Å². The zero-order chi connectivity index (χ0) is 20.3. The number of esters is 2. The van der Waals surface area contributed by atoms with E-state index in [0.717, 1.165) is 12.8 Å². The summed E-state index contributed by atoms with van der Waals surface area (Å²) in [6, 6.07) is 0. The van der Waals surface area contributed by atoms with Crippen molar-refractivity contribution in [2.24, 2.45) is 0 Å². The number of hydrogen-bond donors (Lipinski definition) is 2. The van der Waals surface area contributed by atoms with Crippen molar-refractivity contribution in [2.45, 2.75) is 71.6 Å². The summed E-state index contributed by atoms with van der Waals surface area (Å²) >= 11 is 0. The number of rotatable bonds is 18. The Bertz CT molecular complexity index is 380. The number of carbonyl (C=O) groups excluding carboxylic acids is 2. The van der Waals surface area contributed by atoms with Gasteiger partial charge in [-0.25, -0.2) is 9.78 Å². The number of ether oxygens (including phenoxy) is 3. The maximum absolute atomic E-state index is 11.3. The molecule has 0 radical (unpaired) electrons. The summed E-state index contributed by atoms with van der Waals surface area (Å²) in [4.78, 5) is 32.6. The molecule has 0 saturated carbocycles. The first-order valence-corrected chi connectivity index (χ1v) is 9.62. The molecule has 0 aliphatic heterocycles. The summed E-state index contributed by atoms with van der Waals surface area (Å²) in [7, 11) is 0. The number of aliphatic hydroxyl groups excluding tert-OH is 1. The first-order valence-electron chi connectivity index (χ1n) is 9.62. The summed E-state index contributed by atoms with van der Waals surface area (Å²) < 4.78 is 15.0. The number of hydrogen-bond acceptors (Lipinski definition) is 9. The fourth-order valence-corrected chi connectivity index (χ4v) is 1.93. The lowest BCUT2D eigenvalue weighted by molar-refractivity contribution is -0.366. The summed E-state index contributed by atoms with van der Waals surface area (Å²) in [5.74, 6) is -0.567. The van der Waals surface area contributed by atoms with Crippen LogP contribution in [0.15, 0.2) is 0 Å². The summed E-state index contributed by atoms with van der Waals surface area (Å²) in [6.45, 7) is 6.18. The van der Waals surface area contributed by atoms with Crippen molar-refractivity contribution in [3.63, 3.8) is 0 Å². The molecule has 0 heterocycles. The second-order valence-electron chi connectivity index (χ2n) is 5.98. The average molecular weight is 393 g/mol. The zero-order valence-electron chi connectivity index (χ0n) is 16.7. The first-order chi connectivity index (χ1) is 13.0. The van der Waals surface area contributed by atoms with E-state index in [2.05, 4.69) is 5.32 Å². The Hall–Kier alpha value is -1.26. The van der Waals surface area contributed by atoms with Crippen LogP contribution >= 0.6 is 0 Å². The fourth-order valence-electron chi connectivity index (χ4n) is 1.93. The lowest BCUT2D eigenvalue weighted by Crippen LogP contribution is -2.39. The lowest BCUT2D eigenvalue weighted by Gasteiger charge is -2.19. The molecule has 1 unspecified atom stereocenters. The maximum Gasteiger partial charge on any atom is 0.305 e. The highest BCUT2D eigenvalue weighted by atomic mass is 17.2. The van der Waals surface area contributed by atoms with E-state index in [-0.39, 0.29) is 45.1 Å². The van der Waals surface area contributed by atoms with E-state index < -0.39 is 12.3 Å². The molecule has 0 fully saturated rings. The normalized spacial score (nSPS) is 13.2. The van der Waals surface area contributed by atoms with Gasteiger partial charge in [0.05, 0.1) is 6.61 Å². The quantitative estimate of drug-likeness (QED) is 0.118. The Morgan fingerprint density at radius 1 is 0.963 bits per heavy atom. The summed E-state index contributed by atoms with van der Waals surface area (Å²) in [6.07, 6.45) is 2.44. The van der Waals surface area contributed by atoms with Gasteiger partial charge in [0.25, 0.3) is 0 Å². The van der Waals surface area contributed by atoms with Crippen molar-refractivity contribution in [1.29, 1.82) is 0 Å². The Morgan fingerprint density at radius 2 is 1.63 bits per heavy atom. The van der Waals surface area contributed by atoms with Crippen LogP contribution in [0.5, 0.6) is 0 Å². The van der Waals surface area contributed by atoms with Gasteiger partial charge in [-0.1, -0.05) is 27.2 Å².